The number of hydrogen-bond donors (Lipinski definition) is 1. The van der Waals surface area contributed by atoms with Gasteiger partial charge < -0.3 is 5.73 Å². The number of benzene rings is 1. The van der Waals surface area contributed by atoms with E-state index in [1.54, 1.807) is 0 Å². The van der Waals surface area contributed by atoms with Crippen LogP contribution in [0.1, 0.15) is 11.5 Å². The van der Waals surface area contributed by atoms with E-state index in [4.69, 9.17) is 5.73 Å². The highest BCUT2D eigenvalue weighted by molar-refractivity contribution is 9.10. The molecular weight excluding hydrogens is 290 g/mol. The summed E-state index contributed by atoms with van der Waals surface area (Å²) in [7, 11) is -2.99. The highest BCUT2D eigenvalue weighted by atomic mass is 79.9. The molecule has 0 aromatic heterocycles. The molecule has 3 atom stereocenters. The summed E-state index contributed by atoms with van der Waals surface area (Å²) in [5.74, 6) is 0.157. The number of halogens is 1. The fourth-order valence-electron chi connectivity index (χ4n) is 2.33. The van der Waals surface area contributed by atoms with E-state index in [2.05, 4.69) is 15.9 Å². The molecular formula is C11H14BrNO2S. The maximum atomic E-state index is 11.5. The van der Waals surface area contributed by atoms with Gasteiger partial charge in [0.15, 0.2) is 9.84 Å². The largest absolute Gasteiger partial charge is 0.330 e. The lowest BCUT2D eigenvalue weighted by Gasteiger charge is -1.99. The average molecular weight is 304 g/mol. The van der Waals surface area contributed by atoms with Gasteiger partial charge in [-0.15, -0.1) is 0 Å². The first-order valence-corrected chi connectivity index (χ1v) is 7.84. The van der Waals surface area contributed by atoms with Crippen molar-refractivity contribution in [3.8, 4) is 0 Å². The second-order valence-electron chi connectivity index (χ2n) is 4.27. The highest BCUT2D eigenvalue weighted by Gasteiger charge is 2.55. The van der Waals surface area contributed by atoms with Gasteiger partial charge in [-0.1, -0.05) is 28.1 Å². The van der Waals surface area contributed by atoms with Crippen LogP contribution in [0.25, 0.3) is 0 Å². The summed E-state index contributed by atoms with van der Waals surface area (Å²) in [4.78, 5) is 0. The molecule has 0 radical (unpaired) electrons. The van der Waals surface area contributed by atoms with Crippen molar-refractivity contribution >= 4 is 25.8 Å². The maximum Gasteiger partial charge on any atom is 0.151 e. The first-order chi connectivity index (χ1) is 7.45. The molecule has 16 heavy (non-hydrogen) atoms. The Labute approximate surface area is 104 Å². The lowest BCUT2D eigenvalue weighted by molar-refractivity contribution is 0.597. The molecule has 1 aliphatic rings. The minimum Gasteiger partial charge on any atom is -0.330 e. The molecule has 1 fully saturated rings. The molecule has 2 rings (SSSR count). The number of sulfone groups is 1. The van der Waals surface area contributed by atoms with Crippen molar-refractivity contribution < 1.29 is 8.42 Å². The van der Waals surface area contributed by atoms with Crippen molar-refractivity contribution in [1.82, 2.24) is 0 Å². The van der Waals surface area contributed by atoms with E-state index in [0.29, 0.717) is 6.54 Å². The van der Waals surface area contributed by atoms with E-state index in [9.17, 15) is 8.42 Å². The van der Waals surface area contributed by atoms with E-state index < -0.39 is 9.84 Å². The summed E-state index contributed by atoms with van der Waals surface area (Å²) in [5.41, 5.74) is 6.67. The average Bonchev–Trinajstić information content (AvgIpc) is 2.92. The number of rotatable bonds is 3. The molecule has 1 saturated carbocycles. The Morgan fingerprint density at radius 1 is 1.31 bits per heavy atom. The molecule has 0 heterocycles. The van der Waals surface area contributed by atoms with Gasteiger partial charge in [-0.05, 0) is 30.2 Å². The third-order valence-corrected chi connectivity index (χ3v) is 5.28. The zero-order chi connectivity index (χ0) is 11.9. The Morgan fingerprint density at radius 2 is 1.88 bits per heavy atom. The van der Waals surface area contributed by atoms with Crippen molar-refractivity contribution in [3.05, 3.63) is 34.3 Å². The molecule has 0 spiro atoms. The Balaban J connectivity index is 2.27. The van der Waals surface area contributed by atoms with Crippen LogP contribution in [-0.4, -0.2) is 26.5 Å². The summed E-state index contributed by atoms with van der Waals surface area (Å²) in [5, 5.41) is -0.293. The predicted octanol–water partition coefficient (Wildman–Crippen LogP) is 1.53. The fraction of sp³-hybridized carbons (Fsp3) is 0.455. The summed E-state index contributed by atoms with van der Waals surface area (Å²) in [6, 6.07) is 7.78. The second-order valence-corrected chi connectivity index (χ2v) is 7.39. The molecule has 88 valence electrons. The van der Waals surface area contributed by atoms with E-state index >= 15 is 0 Å². The van der Waals surface area contributed by atoms with Gasteiger partial charge in [-0.25, -0.2) is 8.42 Å². The zero-order valence-electron chi connectivity index (χ0n) is 8.93. The normalized spacial score (nSPS) is 29.1. The van der Waals surface area contributed by atoms with Gasteiger partial charge in [0.1, 0.15) is 0 Å². The standard InChI is InChI=1S/C11H14BrNO2S/c1-16(14,15)11-9(6-13)10(11)7-2-4-8(12)5-3-7/h2-5,9-11H,6,13H2,1H3/t9-,10+,11+/m1/s1. The number of nitrogens with two attached hydrogens (primary N) is 1. The van der Waals surface area contributed by atoms with Gasteiger partial charge in [-0.3, -0.25) is 0 Å². The quantitative estimate of drug-likeness (QED) is 0.921. The Kier molecular flexibility index (Phi) is 3.11. The van der Waals surface area contributed by atoms with Crippen molar-refractivity contribution in [2.24, 2.45) is 11.7 Å². The summed E-state index contributed by atoms with van der Waals surface area (Å²) in [6.07, 6.45) is 1.29. The van der Waals surface area contributed by atoms with Crippen LogP contribution in [0.2, 0.25) is 0 Å². The van der Waals surface area contributed by atoms with Crippen LogP contribution in [0.3, 0.4) is 0 Å². The molecule has 2 N–H and O–H groups in total. The SMILES string of the molecule is CS(=O)(=O)[C@H]1[C@H](CN)[C@@H]1c1ccc(Br)cc1. The van der Waals surface area contributed by atoms with Crippen molar-refractivity contribution in [2.75, 3.05) is 12.8 Å². The Bertz CT molecular complexity index is 483. The van der Waals surface area contributed by atoms with Gasteiger partial charge >= 0.3 is 0 Å². The molecule has 1 aromatic rings. The maximum absolute atomic E-state index is 11.5. The third kappa shape index (κ3) is 2.17. The molecule has 0 amide bonds. The highest BCUT2D eigenvalue weighted by Crippen LogP contribution is 2.51. The van der Waals surface area contributed by atoms with Gasteiger partial charge in [0, 0.05) is 16.6 Å². The van der Waals surface area contributed by atoms with Crippen LogP contribution in [0, 0.1) is 5.92 Å². The second kappa shape index (κ2) is 4.13. The molecule has 0 aliphatic heterocycles. The molecule has 0 bridgehead atoms. The van der Waals surface area contributed by atoms with Crippen LogP contribution in [0.5, 0.6) is 0 Å². The monoisotopic (exact) mass is 303 g/mol. The molecule has 5 heteroatoms. The van der Waals surface area contributed by atoms with Gasteiger partial charge in [0.25, 0.3) is 0 Å². The summed E-state index contributed by atoms with van der Waals surface area (Å²) in [6.45, 7) is 0.429. The van der Waals surface area contributed by atoms with E-state index in [-0.39, 0.29) is 17.1 Å². The van der Waals surface area contributed by atoms with Crippen LogP contribution in [-0.2, 0) is 9.84 Å². The van der Waals surface area contributed by atoms with Crippen LogP contribution < -0.4 is 5.73 Å². The Hall–Kier alpha value is -0.390. The summed E-state index contributed by atoms with van der Waals surface area (Å²) >= 11 is 3.36. The van der Waals surface area contributed by atoms with Crippen molar-refractivity contribution in [2.45, 2.75) is 11.2 Å². The lowest BCUT2D eigenvalue weighted by Crippen LogP contribution is -2.11. The van der Waals surface area contributed by atoms with Gasteiger partial charge in [-0.2, -0.15) is 0 Å². The van der Waals surface area contributed by atoms with Gasteiger partial charge in [0.2, 0.25) is 0 Å². The van der Waals surface area contributed by atoms with Gasteiger partial charge in [0.05, 0.1) is 5.25 Å². The molecule has 0 unspecified atom stereocenters. The first-order valence-electron chi connectivity index (χ1n) is 5.09. The summed E-state index contributed by atoms with van der Waals surface area (Å²) < 4.78 is 24.1. The van der Waals surface area contributed by atoms with E-state index in [1.807, 2.05) is 24.3 Å². The van der Waals surface area contributed by atoms with Crippen molar-refractivity contribution in [3.63, 3.8) is 0 Å². The molecule has 1 aromatic carbocycles. The minimum absolute atomic E-state index is 0.0769. The van der Waals surface area contributed by atoms with E-state index in [0.717, 1.165) is 10.0 Å². The predicted molar refractivity (Wildman–Crippen MR) is 68.1 cm³/mol. The van der Waals surface area contributed by atoms with E-state index in [1.165, 1.54) is 6.26 Å². The molecule has 0 saturated heterocycles. The molecule has 1 aliphatic carbocycles. The van der Waals surface area contributed by atoms with Crippen molar-refractivity contribution in [1.29, 1.82) is 0 Å². The third-order valence-electron chi connectivity index (χ3n) is 3.12. The minimum atomic E-state index is -2.99. The Morgan fingerprint density at radius 3 is 2.25 bits per heavy atom. The first kappa shape index (κ1) is 12.1. The van der Waals surface area contributed by atoms with Crippen LogP contribution >= 0.6 is 15.9 Å². The topological polar surface area (TPSA) is 60.2 Å². The van der Waals surface area contributed by atoms with Crippen LogP contribution in [0.15, 0.2) is 28.7 Å². The molecule has 3 nitrogen and oxygen atoms in total. The zero-order valence-corrected chi connectivity index (χ0v) is 11.3. The fourth-order valence-corrected chi connectivity index (χ4v) is 4.31. The van der Waals surface area contributed by atoms with Crippen LogP contribution in [0.4, 0.5) is 0 Å². The number of hydrogen-bond acceptors (Lipinski definition) is 3. The lowest BCUT2D eigenvalue weighted by atomic mass is 10.1. The smallest absolute Gasteiger partial charge is 0.151 e.